The Hall–Kier alpha value is -1.84. The van der Waals surface area contributed by atoms with Crippen LogP contribution in [0.4, 0.5) is 0 Å². The molecule has 0 heterocycles. The highest BCUT2D eigenvalue weighted by atomic mass is 16.4. The summed E-state index contributed by atoms with van der Waals surface area (Å²) in [6, 6.07) is 9.11. The molecule has 1 aromatic carbocycles. The van der Waals surface area contributed by atoms with Gasteiger partial charge in [0.15, 0.2) is 0 Å². The van der Waals surface area contributed by atoms with Crippen molar-refractivity contribution in [1.29, 1.82) is 0 Å². The van der Waals surface area contributed by atoms with E-state index >= 15 is 0 Å². The lowest BCUT2D eigenvalue weighted by Gasteiger charge is -2.21. The minimum atomic E-state index is -0.892. The maximum Gasteiger partial charge on any atom is 0.312 e. The van der Waals surface area contributed by atoms with Gasteiger partial charge in [0.05, 0.1) is 5.92 Å². The van der Waals surface area contributed by atoms with Gasteiger partial charge in [0.2, 0.25) is 5.91 Å². The summed E-state index contributed by atoms with van der Waals surface area (Å²) in [5.41, 5.74) is 0.736. The Bertz CT molecular complexity index is 551. The molecule has 1 aromatic rings. The summed E-state index contributed by atoms with van der Waals surface area (Å²) in [6.45, 7) is 0.173. The van der Waals surface area contributed by atoms with E-state index in [0.717, 1.165) is 12.0 Å². The van der Waals surface area contributed by atoms with Crippen molar-refractivity contribution in [3.05, 3.63) is 35.9 Å². The summed E-state index contributed by atoms with van der Waals surface area (Å²) >= 11 is 0. The number of amides is 1. The summed E-state index contributed by atoms with van der Waals surface area (Å²) in [7, 11) is 0. The Morgan fingerprint density at radius 3 is 2.48 bits per heavy atom. The van der Waals surface area contributed by atoms with E-state index in [2.05, 4.69) is 5.32 Å². The maximum atomic E-state index is 12.3. The Labute approximate surface area is 137 Å². The third-order valence-electron chi connectivity index (χ3n) is 5.41. The molecule has 3 atom stereocenters. The van der Waals surface area contributed by atoms with E-state index in [1.807, 2.05) is 18.2 Å². The van der Waals surface area contributed by atoms with Gasteiger partial charge in [-0.05, 0) is 23.8 Å². The number of aliphatic carboxylic acids is 1. The molecule has 3 rings (SSSR count). The van der Waals surface area contributed by atoms with E-state index in [4.69, 9.17) is 0 Å². The molecule has 3 unspecified atom stereocenters. The van der Waals surface area contributed by atoms with Gasteiger partial charge in [0.25, 0.3) is 0 Å². The molecule has 0 bridgehead atoms. The highest BCUT2D eigenvalue weighted by Gasteiger charge is 2.47. The number of nitrogens with one attached hydrogen (secondary N) is 1. The van der Waals surface area contributed by atoms with Gasteiger partial charge in [-0.2, -0.15) is 0 Å². The standard InChI is InChI=1S/C19H25NO3/c21-18(16-11-15(16)13-7-3-1-4-8-13)20-12-17(19(22)23)14-9-5-2-6-10-14/h2,5-6,9-10,13,15-17H,1,3-4,7-8,11-12H2,(H,20,21)(H,22,23). The number of carboxylic acid groups (broad SMARTS) is 1. The first-order chi connectivity index (χ1) is 11.2. The molecule has 0 saturated heterocycles. The highest BCUT2D eigenvalue weighted by molar-refractivity contribution is 5.83. The quantitative estimate of drug-likeness (QED) is 0.847. The van der Waals surface area contributed by atoms with Crippen LogP contribution in [0.5, 0.6) is 0 Å². The van der Waals surface area contributed by atoms with E-state index in [0.29, 0.717) is 11.8 Å². The maximum absolute atomic E-state index is 12.3. The summed E-state index contributed by atoms with van der Waals surface area (Å²) in [4.78, 5) is 23.8. The van der Waals surface area contributed by atoms with Crippen LogP contribution in [-0.2, 0) is 9.59 Å². The van der Waals surface area contributed by atoms with Crippen LogP contribution >= 0.6 is 0 Å². The minimum Gasteiger partial charge on any atom is -0.481 e. The van der Waals surface area contributed by atoms with Crippen LogP contribution in [0.1, 0.15) is 50.0 Å². The normalized spacial score (nSPS) is 25.6. The summed E-state index contributed by atoms with van der Waals surface area (Å²) < 4.78 is 0. The van der Waals surface area contributed by atoms with Gasteiger partial charge in [0.1, 0.15) is 0 Å². The molecular formula is C19H25NO3. The molecule has 2 aliphatic rings. The lowest BCUT2D eigenvalue weighted by atomic mass is 9.85. The smallest absolute Gasteiger partial charge is 0.312 e. The van der Waals surface area contributed by atoms with Crippen LogP contribution in [0.2, 0.25) is 0 Å². The number of hydrogen-bond donors (Lipinski definition) is 2. The fraction of sp³-hybridized carbons (Fsp3) is 0.579. The van der Waals surface area contributed by atoms with E-state index in [-0.39, 0.29) is 18.4 Å². The van der Waals surface area contributed by atoms with Crippen molar-refractivity contribution in [1.82, 2.24) is 5.32 Å². The van der Waals surface area contributed by atoms with Crippen molar-refractivity contribution >= 4 is 11.9 Å². The highest BCUT2D eigenvalue weighted by Crippen LogP contribution is 2.49. The topological polar surface area (TPSA) is 66.4 Å². The fourth-order valence-corrected chi connectivity index (χ4v) is 3.97. The van der Waals surface area contributed by atoms with Crippen LogP contribution in [-0.4, -0.2) is 23.5 Å². The van der Waals surface area contributed by atoms with Crippen LogP contribution < -0.4 is 5.32 Å². The molecule has 2 aliphatic carbocycles. The summed E-state index contributed by atoms with van der Waals surface area (Å²) in [5.74, 6) is -0.159. The van der Waals surface area contributed by atoms with Crippen LogP contribution in [0.3, 0.4) is 0 Å². The first kappa shape index (κ1) is 16.0. The number of rotatable bonds is 6. The first-order valence-corrected chi connectivity index (χ1v) is 8.72. The molecule has 124 valence electrons. The minimum absolute atomic E-state index is 0.0442. The molecule has 0 aromatic heterocycles. The number of hydrogen-bond acceptors (Lipinski definition) is 2. The van der Waals surface area contributed by atoms with Crippen molar-refractivity contribution < 1.29 is 14.7 Å². The predicted molar refractivity (Wildman–Crippen MR) is 88.0 cm³/mol. The molecule has 2 N–H and O–H groups in total. The zero-order valence-corrected chi connectivity index (χ0v) is 13.4. The molecule has 0 spiro atoms. The van der Waals surface area contributed by atoms with Gasteiger partial charge in [0, 0.05) is 12.5 Å². The van der Waals surface area contributed by atoms with Gasteiger partial charge in [-0.3, -0.25) is 9.59 Å². The van der Waals surface area contributed by atoms with Crippen molar-refractivity contribution in [3.63, 3.8) is 0 Å². The van der Waals surface area contributed by atoms with Crippen molar-refractivity contribution in [2.75, 3.05) is 6.54 Å². The van der Waals surface area contributed by atoms with Gasteiger partial charge in [-0.25, -0.2) is 0 Å². The van der Waals surface area contributed by atoms with Gasteiger partial charge < -0.3 is 10.4 Å². The van der Waals surface area contributed by atoms with Crippen molar-refractivity contribution in [2.24, 2.45) is 17.8 Å². The third kappa shape index (κ3) is 3.92. The Balaban J connectivity index is 1.51. The molecule has 0 radical (unpaired) electrons. The van der Waals surface area contributed by atoms with Gasteiger partial charge in [-0.15, -0.1) is 0 Å². The molecule has 4 heteroatoms. The zero-order chi connectivity index (χ0) is 16.2. The average molecular weight is 315 g/mol. The Kier molecular flexibility index (Phi) is 4.99. The summed E-state index contributed by atoms with van der Waals surface area (Å²) in [5, 5.41) is 12.3. The van der Waals surface area contributed by atoms with E-state index < -0.39 is 11.9 Å². The van der Waals surface area contributed by atoms with Crippen LogP contribution in [0.15, 0.2) is 30.3 Å². The number of carbonyl (C=O) groups excluding carboxylic acids is 1. The molecule has 4 nitrogen and oxygen atoms in total. The second-order valence-corrected chi connectivity index (χ2v) is 6.95. The molecule has 23 heavy (non-hydrogen) atoms. The first-order valence-electron chi connectivity index (χ1n) is 8.72. The average Bonchev–Trinajstić information content (AvgIpc) is 3.37. The number of carboxylic acids is 1. The monoisotopic (exact) mass is 315 g/mol. The van der Waals surface area contributed by atoms with E-state index in [9.17, 15) is 14.7 Å². The summed E-state index contributed by atoms with van der Waals surface area (Å²) in [6.07, 6.45) is 7.43. The SMILES string of the molecule is O=C(O)C(CNC(=O)C1CC1C1CCCCC1)c1ccccc1. The Morgan fingerprint density at radius 2 is 1.83 bits per heavy atom. The molecule has 0 aliphatic heterocycles. The largest absolute Gasteiger partial charge is 0.481 e. The van der Waals surface area contributed by atoms with Crippen molar-refractivity contribution in [3.8, 4) is 0 Å². The second kappa shape index (κ2) is 7.16. The second-order valence-electron chi connectivity index (χ2n) is 6.95. The number of benzene rings is 1. The molecule has 1 amide bonds. The lowest BCUT2D eigenvalue weighted by Crippen LogP contribution is -2.33. The lowest BCUT2D eigenvalue weighted by molar-refractivity contribution is -0.138. The van der Waals surface area contributed by atoms with E-state index in [1.54, 1.807) is 12.1 Å². The van der Waals surface area contributed by atoms with Crippen LogP contribution in [0.25, 0.3) is 0 Å². The number of carbonyl (C=O) groups is 2. The van der Waals surface area contributed by atoms with E-state index in [1.165, 1.54) is 32.1 Å². The molecule has 2 saturated carbocycles. The predicted octanol–water partition coefficient (Wildman–Crippen LogP) is 3.19. The fourth-order valence-electron chi connectivity index (χ4n) is 3.97. The van der Waals surface area contributed by atoms with Gasteiger partial charge in [-0.1, -0.05) is 62.4 Å². The molecule has 2 fully saturated rings. The third-order valence-corrected chi connectivity index (χ3v) is 5.41. The van der Waals surface area contributed by atoms with Crippen LogP contribution in [0, 0.1) is 17.8 Å². The molecular weight excluding hydrogens is 290 g/mol. The van der Waals surface area contributed by atoms with Crippen molar-refractivity contribution in [2.45, 2.75) is 44.4 Å². The zero-order valence-electron chi connectivity index (χ0n) is 13.4. The van der Waals surface area contributed by atoms with Gasteiger partial charge >= 0.3 is 5.97 Å². The Morgan fingerprint density at radius 1 is 1.13 bits per heavy atom.